The van der Waals surface area contributed by atoms with Crippen LogP contribution in [-0.2, 0) is 11.3 Å². The largest absolute Gasteiger partial charge is 0.490 e. The van der Waals surface area contributed by atoms with Crippen LogP contribution in [0.4, 0.5) is 5.95 Å². The van der Waals surface area contributed by atoms with Crippen LogP contribution in [0.15, 0.2) is 29.6 Å². The van der Waals surface area contributed by atoms with Crippen LogP contribution >= 0.6 is 23.2 Å². The van der Waals surface area contributed by atoms with E-state index in [2.05, 4.69) is 20.6 Å². The molecule has 1 aromatic carbocycles. The van der Waals surface area contributed by atoms with Crippen molar-refractivity contribution < 1.29 is 9.72 Å². The molecular weight excluding hydrogens is 335 g/mol. The van der Waals surface area contributed by atoms with E-state index >= 15 is 0 Å². The third kappa shape index (κ3) is 4.24. The van der Waals surface area contributed by atoms with E-state index in [1.807, 2.05) is 0 Å². The summed E-state index contributed by atoms with van der Waals surface area (Å²) < 4.78 is 1.03. The number of hydrogen-bond acceptors (Lipinski definition) is 6. The molecule has 0 aliphatic carbocycles. The number of hydrazone groups is 1. The van der Waals surface area contributed by atoms with E-state index in [0.717, 1.165) is 11.0 Å². The monoisotopic (exact) mass is 342 g/mol. The summed E-state index contributed by atoms with van der Waals surface area (Å²) in [5.41, 5.74) is 2.81. The minimum absolute atomic E-state index is 0.257. The van der Waals surface area contributed by atoms with Gasteiger partial charge < -0.3 is 10.1 Å². The van der Waals surface area contributed by atoms with Crippen molar-refractivity contribution in [3.05, 3.63) is 50.2 Å². The van der Waals surface area contributed by atoms with Gasteiger partial charge in [-0.05, 0) is 17.1 Å². The first-order valence-electron chi connectivity index (χ1n) is 5.76. The Morgan fingerprint density at radius 2 is 2.27 bits per heavy atom. The van der Waals surface area contributed by atoms with Crippen LogP contribution in [0, 0.1) is 10.1 Å². The molecule has 0 unspecified atom stereocenters. The lowest BCUT2D eigenvalue weighted by molar-refractivity contribution is -0.394. The highest BCUT2D eigenvalue weighted by Gasteiger charge is 2.14. The smallest absolute Gasteiger partial charge is 0.390 e. The highest BCUT2D eigenvalue weighted by atomic mass is 35.5. The van der Waals surface area contributed by atoms with E-state index in [1.54, 1.807) is 18.2 Å². The van der Waals surface area contributed by atoms with Crippen molar-refractivity contribution in [1.82, 2.24) is 20.2 Å². The number of nitro groups is 1. The van der Waals surface area contributed by atoms with Crippen molar-refractivity contribution in [1.29, 1.82) is 0 Å². The second-order valence-corrected chi connectivity index (χ2v) is 4.80. The van der Waals surface area contributed by atoms with Gasteiger partial charge in [-0.25, -0.2) is 5.43 Å². The number of hydrogen-bond donors (Lipinski definition) is 1. The zero-order valence-corrected chi connectivity index (χ0v) is 12.3. The number of nitrogens with zero attached hydrogens (tertiary/aromatic N) is 5. The molecule has 0 bridgehead atoms. The van der Waals surface area contributed by atoms with Crippen LogP contribution in [-0.4, -0.2) is 31.8 Å². The minimum Gasteiger partial charge on any atom is -0.390 e. The van der Waals surface area contributed by atoms with Gasteiger partial charge in [0.2, 0.25) is 6.33 Å². The number of rotatable bonds is 5. The maximum Gasteiger partial charge on any atom is 0.490 e. The molecule has 0 radical (unpaired) electrons. The van der Waals surface area contributed by atoms with E-state index in [-0.39, 0.29) is 6.54 Å². The van der Waals surface area contributed by atoms with Crippen molar-refractivity contribution in [2.45, 2.75) is 6.54 Å². The van der Waals surface area contributed by atoms with Gasteiger partial charge in [-0.1, -0.05) is 34.3 Å². The number of aromatic nitrogens is 3. The summed E-state index contributed by atoms with van der Waals surface area (Å²) in [4.78, 5) is 24.7. The summed E-state index contributed by atoms with van der Waals surface area (Å²) in [7, 11) is 0. The Morgan fingerprint density at radius 1 is 1.50 bits per heavy atom. The van der Waals surface area contributed by atoms with Gasteiger partial charge >= 0.3 is 5.95 Å². The molecule has 1 N–H and O–H groups in total. The Balaban J connectivity index is 1.91. The number of amides is 1. The molecule has 1 aromatic heterocycles. The van der Waals surface area contributed by atoms with Crippen LogP contribution in [0.5, 0.6) is 0 Å². The molecule has 0 aliphatic rings. The van der Waals surface area contributed by atoms with Crippen molar-refractivity contribution in [3.8, 4) is 0 Å². The number of carbonyl (C=O) groups is 1. The molecule has 0 saturated heterocycles. The van der Waals surface area contributed by atoms with Gasteiger partial charge in [-0.3, -0.25) is 4.79 Å². The average molecular weight is 343 g/mol. The van der Waals surface area contributed by atoms with Crippen LogP contribution in [0.3, 0.4) is 0 Å². The van der Waals surface area contributed by atoms with Gasteiger partial charge in [0, 0.05) is 15.7 Å². The van der Waals surface area contributed by atoms with Gasteiger partial charge in [0.15, 0.2) is 0 Å². The molecule has 0 aliphatic heterocycles. The second-order valence-electron chi connectivity index (χ2n) is 3.96. The summed E-state index contributed by atoms with van der Waals surface area (Å²) in [5.74, 6) is -1.11. The van der Waals surface area contributed by atoms with Crippen LogP contribution in [0.25, 0.3) is 0 Å². The van der Waals surface area contributed by atoms with E-state index < -0.39 is 16.8 Å². The third-order valence-corrected chi connectivity index (χ3v) is 2.91. The fourth-order valence-corrected chi connectivity index (χ4v) is 1.86. The molecule has 22 heavy (non-hydrogen) atoms. The molecule has 114 valence electrons. The predicted molar refractivity (Wildman–Crippen MR) is 78.9 cm³/mol. The molecule has 9 nitrogen and oxygen atoms in total. The second kappa shape index (κ2) is 6.96. The summed E-state index contributed by atoms with van der Waals surface area (Å²) in [6.45, 7) is -0.257. The van der Waals surface area contributed by atoms with Crippen molar-refractivity contribution in [2.24, 2.45) is 5.10 Å². The first kappa shape index (κ1) is 15.9. The molecule has 0 atom stereocenters. The van der Waals surface area contributed by atoms with Gasteiger partial charge in [-0.2, -0.15) is 9.78 Å². The molecule has 0 spiro atoms. The predicted octanol–water partition coefficient (Wildman–Crippen LogP) is 1.64. The Hall–Kier alpha value is -2.52. The molecule has 1 amide bonds. The van der Waals surface area contributed by atoms with Gasteiger partial charge in [0.25, 0.3) is 5.91 Å². The number of carbonyl (C=O) groups excluding carboxylic acids is 1. The van der Waals surface area contributed by atoms with Crippen LogP contribution < -0.4 is 5.43 Å². The highest BCUT2D eigenvalue weighted by molar-refractivity contribution is 6.36. The van der Waals surface area contributed by atoms with Crippen molar-refractivity contribution in [2.75, 3.05) is 0 Å². The molecule has 1 heterocycles. The van der Waals surface area contributed by atoms with E-state index in [9.17, 15) is 14.9 Å². The Morgan fingerprint density at radius 3 is 2.91 bits per heavy atom. The molecule has 2 rings (SSSR count). The quantitative estimate of drug-likeness (QED) is 0.503. The van der Waals surface area contributed by atoms with Gasteiger partial charge in [-0.15, -0.1) is 0 Å². The zero-order valence-electron chi connectivity index (χ0n) is 10.8. The van der Waals surface area contributed by atoms with E-state index in [0.29, 0.717) is 15.6 Å². The van der Waals surface area contributed by atoms with Crippen LogP contribution in [0.2, 0.25) is 10.0 Å². The Labute approximate surface area is 133 Å². The first-order chi connectivity index (χ1) is 10.5. The maximum atomic E-state index is 11.6. The third-order valence-electron chi connectivity index (χ3n) is 2.35. The van der Waals surface area contributed by atoms with Gasteiger partial charge in [0.1, 0.15) is 6.54 Å². The minimum atomic E-state index is -0.755. The zero-order chi connectivity index (χ0) is 16.1. The van der Waals surface area contributed by atoms with Crippen LogP contribution in [0.1, 0.15) is 5.56 Å². The van der Waals surface area contributed by atoms with E-state index in [4.69, 9.17) is 23.2 Å². The molecular formula is C11H8Cl2N6O3. The lowest BCUT2D eigenvalue weighted by atomic mass is 10.2. The molecule has 2 aromatic rings. The molecule has 0 saturated carbocycles. The number of halogens is 2. The number of benzene rings is 1. The summed E-state index contributed by atoms with van der Waals surface area (Å²) in [5, 5.41) is 18.5. The highest BCUT2D eigenvalue weighted by Crippen LogP contribution is 2.19. The average Bonchev–Trinajstić information content (AvgIpc) is 2.90. The Kier molecular flexibility index (Phi) is 5.02. The SMILES string of the molecule is O=C(Cn1cnc([N+](=O)[O-])n1)N/N=C\c1ccc(Cl)cc1Cl. The summed E-state index contributed by atoms with van der Waals surface area (Å²) in [6, 6.07) is 4.81. The molecule has 0 fully saturated rings. The fourth-order valence-electron chi connectivity index (χ4n) is 1.41. The summed E-state index contributed by atoms with van der Waals surface area (Å²) >= 11 is 11.7. The molecule has 11 heteroatoms. The lowest BCUT2D eigenvalue weighted by Crippen LogP contribution is -2.23. The van der Waals surface area contributed by atoms with Crippen molar-refractivity contribution >= 4 is 41.3 Å². The Bertz CT molecular complexity index is 745. The standard InChI is InChI=1S/C11H8Cl2N6O3/c12-8-2-1-7(9(13)3-8)4-15-16-10(20)5-18-6-14-11(17-18)19(21)22/h1-4,6H,5H2,(H,16,20)/b15-4-. The normalized spacial score (nSPS) is 10.8. The maximum absolute atomic E-state index is 11.6. The van der Waals surface area contributed by atoms with E-state index in [1.165, 1.54) is 6.21 Å². The summed E-state index contributed by atoms with van der Waals surface area (Å²) in [6.07, 6.45) is 2.43. The van der Waals surface area contributed by atoms with Gasteiger partial charge in [0.05, 0.1) is 11.2 Å². The fraction of sp³-hybridized carbons (Fsp3) is 0.0909. The first-order valence-corrected chi connectivity index (χ1v) is 6.52. The topological polar surface area (TPSA) is 115 Å². The lowest BCUT2D eigenvalue weighted by Gasteiger charge is -1.99. The number of nitrogens with one attached hydrogen (secondary N) is 1. The van der Waals surface area contributed by atoms with Crippen molar-refractivity contribution in [3.63, 3.8) is 0 Å².